The summed E-state index contributed by atoms with van der Waals surface area (Å²) in [5.74, 6) is -0.660. The first kappa shape index (κ1) is 29.2. The molecule has 0 amide bonds. The summed E-state index contributed by atoms with van der Waals surface area (Å²) in [4.78, 5) is 12.8. The largest absolute Gasteiger partial charge is 0.486 e. The number of anilines is 3. The lowest BCUT2D eigenvalue weighted by Gasteiger charge is -2.34. The van der Waals surface area contributed by atoms with Gasteiger partial charge in [0.05, 0.1) is 24.7 Å². The molecular formula is C29H36F2N6O3S. The summed E-state index contributed by atoms with van der Waals surface area (Å²) >= 11 is 0. The van der Waals surface area contributed by atoms with Gasteiger partial charge in [-0.15, -0.1) is 0 Å². The lowest BCUT2D eigenvalue weighted by Crippen LogP contribution is -2.38. The molecule has 3 aromatic rings. The Labute approximate surface area is 240 Å². The van der Waals surface area contributed by atoms with E-state index < -0.39 is 21.7 Å². The molecule has 2 aliphatic heterocycles. The molecule has 0 radical (unpaired) electrons. The highest BCUT2D eigenvalue weighted by molar-refractivity contribution is 7.88. The van der Waals surface area contributed by atoms with Crippen LogP contribution < -0.4 is 19.7 Å². The van der Waals surface area contributed by atoms with E-state index in [1.54, 1.807) is 6.07 Å². The number of fused-ring (bicyclic) bond motifs is 1. The highest BCUT2D eigenvalue weighted by Gasteiger charge is 2.26. The maximum absolute atomic E-state index is 15.1. The van der Waals surface area contributed by atoms with Gasteiger partial charge in [0.2, 0.25) is 16.0 Å². The predicted molar refractivity (Wildman–Crippen MR) is 156 cm³/mol. The third-order valence-corrected chi connectivity index (χ3v) is 8.30. The fourth-order valence-corrected chi connectivity index (χ4v) is 5.91. The number of hydrogen-bond acceptors (Lipinski definition) is 8. The zero-order chi connectivity index (χ0) is 29.3. The molecule has 0 spiro atoms. The number of aromatic nitrogens is 2. The first-order chi connectivity index (χ1) is 19.5. The molecule has 2 aliphatic rings. The second kappa shape index (κ2) is 11.9. The van der Waals surface area contributed by atoms with E-state index in [0.29, 0.717) is 30.4 Å². The van der Waals surface area contributed by atoms with Crippen LogP contribution in [0.1, 0.15) is 43.7 Å². The van der Waals surface area contributed by atoms with Crippen LogP contribution in [0.4, 0.5) is 26.1 Å². The Bertz CT molecular complexity index is 1530. The van der Waals surface area contributed by atoms with Crippen molar-refractivity contribution in [3.63, 3.8) is 0 Å². The molecule has 0 saturated carbocycles. The van der Waals surface area contributed by atoms with Crippen LogP contribution in [0, 0.1) is 11.6 Å². The van der Waals surface area contributed by atoms with Gasteiger partial charge in [-0.25, -0.2) is 31.9 Å². The minimum Gasteiger partial charge on any atom is -0.486 e. The zero-order valence-electron chi connectivity index (χ0n) is 23.7. The van der Waals surface area contributed by atoms with Crippen LogP contribution in [0.15, 0.2) is 36.5 Å². The molecular weight excluding hydrogens is 550 g/mol. The molecule has 0 aliphatic carbocycles. The van der Waals surface area contributed by atoms with E-state index >= 15 is 4.39 Å². The summed E-state index contributed by atoms with van der Waals surface area (Å²) in [6.07, 6.45) is 4.15. The van der Waals surface area contributed by atoms with Crippen LogP contribution in [-0.2, 0) is 16.6 Å². The minimum absolute atomic E-state index is 0.0413. The van der Waals surface area contributed by atoms with Crippen molar-refractivity contribution >= 4 is 27.3 Å². The molecule has 1 aromatic heterocycles. The molecule has 0 unspecified atom stereocenters. The third-order valence-electron chi connectivity index (χ3n) is 7.64. The maximum atomic E-state index is 15.1. The van der Waals surface area contributed by atoms with Crippen molar-refractivity contribution in [1.29, 1.82) is 0 Å². The molecule has 41 heavy (non-hydrogen) atoms. The van der Waals surface area contributed by atoms with E-state index in [-0.39, 0.29) is 35.5 Å². The molecule has 0 bridgehead atoms. The van der Waals surface area contributed by atoms with Gasteiger partial charge in [0.25, 0.3) is 0 Å². The highest BCUT2D eigenvalue weighted by atomic mass is 32.2. The van der Waals surface area contributed by atoms with Crippen LogP contribution in [0.3, 0.4) is 0 Å². The Hall–Kier alpha value is -3.35. The van der Waals surface area contributed by atoms with Crippen molar-refractivity contribution in [2.45, 2.75) is 45.2 Å². The van der Waals surface area contributed by atoms with Crippen LogP contribution >= 0.6 is 0 Å². The summed E-state index contributed by atoms with van der Waals surface area (Å²) in [5, 5.41) is 3.12. The SMILES string of the molecule is CC(C)N1CCOc2c(F)cc(-c3nc(Nc4ccc(C5CCN(C)CC5)c(CNS(C)(=O)=O)c4)ncc3F)cc21. The summed E-state index contributed by atoms with van der Waals surface area (Å²) in [5.41, 5.74) is 3.36. The van der Waals surface area contributed by atoms with Crippen molar-refractivity contribution in [3.05, 3.63) is 59.3 Å². The Balaban J connectivity index is 1.45. The number of piperidine rings is 1. The average Bonchev–Trinajstić information content (AvgIpc) is 2.93. The molecule has 2 aromatic carbocycles. The monoisotopic (exact) mass is 586 g/mol. The first-order valence-electron chi connectivity index (χ1n) is 13.8. The predicted octanol–water partition coefficient (Wildman–Crippen LogP) is 4.63. The smallest absolute Gasteiger partial charge is 0.227 e. The van der Waals surface area contributed by atoms with Gasteiger partial charge < -0.3 is 19.9 Å². The van der Waals surface area contributed by atoms with Crippen LogP contribution in [0.2, 0.25) is 0 Å². The lowest BCUT2D eigenvalue weighted by atomic mass is 9.86. The van der Waals surface area contributed by atoms with Gasteiger partial charge >= 0.3 is 0 Å². The average molecular weight is 587 g/mol. The van der Waals surface area contributed by atoms with Crippen molar-refractivity contribution in [1.82, 2.24) is 19.6 Å². The molecule has 2 N–H and O–H groups in total. The molecule has 220 valence electrons. The van der Waals surface area contributed by atoms with Gasteiger partial charge in [0.15, 0.2) is 17.4 Å². The van der Waals surface area contributed by atoms with Crippen molar-refractivity contribution in [3.8, 4) is 17.0 Å². The number of sulfonamides is 1. The number of benzene rings is 2. The van der Waals surface area contributed by atoms with Crippen molar-refractivity contribution < 1.29 is 21.9 Å². The van der Waals surface area contributed by atoms with Crippen molar-refractivity contribution in [2.75, 3.05) is 49.8 Å². The van der Waals surface area contributed by atoms with Gasteiger partial charge in [-0.05, 0) is 88.1 Å². The van der Waals surface area contributed by atoms with E-state index in [1.807, 2.05) is 36.9 Å². The normalized spacial score (nSPS) is 16.5. The fourth-order valence-electron chi connectivity index (χ4n) is 5.50. The lowest BCUT2D eigenvalue weighted by molar-refractivity contribution is 0.255. The summed E-state index contributed by atoms with van der Waals surface area (Å²) in [6, 6.07) is 8.78. The standard InChI is InChI=1S/C29H36F2N6O3S/c1-18(2)37-11-12-40-28-24(30)14-20(15-26(28)37)27-25(31)17-32-29(35-27)34-22-5-6-23(19-7-9-36(3)10-8-19)21(13-22)16-33-41(4,38)39/h5-6,13-15,17-19,33H,7-12,16H2,1-4H3,(H,32,34,35). The minimum atomic E-state index is -3.40. The third kappa shape index (κ3) is 6.77. The van der Waals surface area contributed by atoms with E-state index in [0.717, 1.165) is 49.5 Å². The Morgan fingerprint density at radius 2 is 1.85 bits per heavy atom. The van der Waals surface area contributed by atoms with E-state index in [4.69, 9.17) is 4.74 Å². The van der Waals surface area contributed by atoms with Gasteiger partial charge in [-0.2, -0.15) is 0 Å². The number of halogens is 2. The highest BCUT2D eigenvalue weighted by Crippen LogP contribution is 2.39. The molecule has 5 rings (SSSR count). The number of rotatable bonds is 8. The Morgan fingerprint density at radius 3 is 2.56 bits per heavy atom. The summed E-state index contributed by atoms with van der Waals surface area (Å²) < 4.78 is 61.9. The maximum Gasteiger partial charge on any atom is 0.227 e. The summed E-state index contributed by atoms with van der Waals surface area (Å²) in [6.45, 7) is 7.07. The van der Waals surface area contributed by atoms with Gasteiger partial charge in [0.1, 0.15) is 12.3 Å². The second-order valence-electron chi connectivity index (χ2n) is 11.0. The fraction of sp³-hybridized carbons (Fsp3) is 0.448. The Kier molecular flexibility index (Phi) is 8.44. The van der Waals surface area contributed by atoms with Crippen LogP contribution in [0.25, 0.3) is 11.3 Å². The molecule has 3 heterocycles. The molecule has 1 fully saturated rings. The second-order valence-corrected chi connectivity index (χ2v) is 12.9. The Morgan fingerprint density at radius 1 is 1.10 bits per heavy atom. The number of likely N-dealkylation sites (tertiary alicyclic amines) is 1. The van der Waals surface area contributed by atoms with Crippen molar-refractivity contribution in [2.24, 2.45) is 0 Å². The molecule has 12 heteroatoms. The molecule has 0 atom stereocenters. The van der Waals surface area contributed by atoms with Gasteiger partial charge in [-0.3, -0.25) is 0 Å². The number of hydrogen-bond donors (Lipinski definition) is 2. The van der Waals surface area contributed by atoms with E-state index in [9.17, 15) is 12.8 Å². The van der Waals surface area contributed by atoms with Crippen LogP contribution in [0.5, 0.6) is 5.75 Å². The number of nitrogens with one attached hydrogen (secondary N) is 2. The van der Waals surface area contributed by atoms with Gasteiger partial charge in [0, 0.05) is 23.8 Å². The van der Waals surface area contributed by atoms with E-state index in [2.05, 4.69) is 32.0 Å². The van der Waals surface area contributed by atoms with Crippen LogP contribution in [-0.4, -0.2) is 68.9 Å². The zero-order valence-corrected chi connectivity index (χ0v) is 24.6. The molecule has 1 saturated heterocycles. The first-order valence-corrected chi connectivity index (χ1v) is 15.7. The summed E-state index contributed by atoms with van der Waals surface area (Å²) in [7, 11) is -1.30. The topological polar surface area (TPSA) is 99.7 Å². The number of nitrogens with zero attached hydrogens (tertiary/aromatic N) is 4. The molecule has 9 nitrogen and oxygen atoms in total. The van der Waals surface area contributed by atoms with Gasteiger partial charge in [-0.1, -0.05) is 6.07 Å². The quantitative estimate of drug-likeness (QED) is 0.394. The van der Waals surface area contributed by atoms with E-state index in [1.165, 1.54) is 6.07 Å². The number of ether oxygens (including phenoxy) is 1.